The highest BCUT2D eigenvalue weighted by Gasteiger charge is 2.43. The van der Waals surface area contributed by atoms with E-state index < -0.39 is 40.6 Å². The van der Waals surface area contributed by atoms with Crippen molar-refractivity contribution in [3.05, 3.63) is 99.2 Å². The van der Waals surface area contributed by atoms with Gasteiger partial charge in [-0.15, -0.1) is 0 Å². The number of hydrogen-bond donors (Lipinski definition) is 2. The second-order valence-electron chi connectivity index (χ2n) is 11.2. The number of carbonyl (C=O) groups is 1. The summed E-state index contributed by atoms with van der Waals surface area (Å²) >= 11 is 0. The molecule has 1 aromatic heterocycles. The molecule has 2 heterocycles. The summed E-state index contributed by atoms with van der Waals surface area (Å²) in [6, 6.07) is 10.2. The van der Waals surface area contributed by atoms with Gasteiger partial charge in [0.1, 0.15) is 11.6 Å². The number of primary amides is 1. The third-order valence-corrected chi connectivity index (χ3v) is 7.95. The van der Waals surface area contributed by atoms with E-state index >= 15 is 8.78 Å². The molecule has 1 aliphatic heterocycles. The van der Waals surface area contributed by atoms with Gasteiger partial charge in [0.2, 0.25) is 0 Å². The second kappa shape index (κ2) is 10.2. The molecule has 0 spiro atoms. The number of aryl methyl sites for hydroxylation is 3. The molecule has 0 fully saturated rings. The van der Waals surface area contributed by atoms with E-state index in [-0.39, 0.29) is 12.1 Å². The number of aromatic nitrogens is 2. The van der Waals surface area contributed by atoms with E-state index in [1.807, 2.05) is 45.9 Å². The van der Waals surface area contributed by atoms with Crippen molar-refractivity contribution < 1.29 is 26.7 Å². The lowest BCUT2D eigenvalue weighted by molar-refractivity contribution is -0.137. The van der Waals surface area contributed by atoms with Gasteiger partial charge in [-0.2, -0.15) is 18.3 Å². The van der Waals surface area contributed by atoms with Crippen LogP contribution in [0.4, 0.5) is 32.4 Å². The van der Waals surface area contributed by atoms with Crippen molar-refractivity contribution in [1.82, 2.24) is 14.7 Å². The maximum absolute atomic E-state index is 15.7. The summed E-state index contributed by atoms with van der Waals surface area (Å²) in [5.41, 5.74) is 8.60. The molecule has 5 rings (SSSR count). The summed E-state index contributed by atoms with van der Waals surface area (Å²) < 4.78 is 72.3. The van der Waals surface area contributed by atoms with Gasteiger partial charge in [0.25, 0.3) is 0 Å². The first-order valence-electron chi connectivity index (χ1n) is 13.3. The quantitative estimate of drug-likeness (QED) is 0.239. The van der Waals surface area contributed by atoms with Gasteiger partial charge in [0.05, 0.1) is 33.9 Å². The molecule has 0 bridgehead atoms. The summed E-state index contributed by atoms with van der Waals surface area (Å²) in [7, 11) is 0. The third kappa shape index (κ3) is 5.02. The van der Waals surface area contributed by atoms with Gasteiger partial charge in [0, 0.05) is 30.3 Å². The predicted molar refractivity (Wildman–Crippen MR) is 150 cm³/mol. The molecular formula is C31H30F5N5O. The maximum atomic E-state index is 15.7. The molecule has 0 unspecified atom stereocenters. The van der Waals surface area contributed by atoms with E-state index in [0.717, 1.165) is 41.1 Å². The molecular weight excluding hydrogens is 553 g/mol. The van der Waals surface area contributed by atoms with Gasteiger partial charge in [-0.1, -0.05) is 24.3 Å². The monoisotopic (exact) mass is 583 g/mol. The minimum absolute atomic E-state index is 0.0534. The molecule has 0 saturated carbocycles. The van der Waals surface area contributed by atoms with E-state index in [2.05, 4.69) is 10.2 Å². The fraction of sp³-hybridized carbons (Fsp3) is 0.290. The Labute approximate surface area is 239 Å². The Morgan fingerprint density at radius 3 is 2.26 bits per heavy atom. The Morgan fingerprint density at radius 1 is 1.00 bits per heavy atom. The predicted octanol–water partition coefficient (Wildman–Crippen LogP) is 7.50. The zero-order valence-electron chi connectivity index (χ0n) is 23.8. The Kier molecular flexibility index (Phi) is 7.13. The van der Waals surface area contributed by atoms with Crippen molar-refractivity contribution in [2.75, 3.05) is 5.32 Å². The van der Waals surface area contributed by atoms with Crippen molar-refractivity contribution in [1.29, 1.82) is 0 Å². The lowest BCUT2D eigenvalue weighted by atomic mass is 9.97. The molecule has 220 valence electrons. The lowest BCUT2D eigenvalue weighted by Crippen LogP contribution is -2.36. The minimum atomic E-state index is -4.44. The fourth-order valence-electron chi connectivity index (χ4n) is 5.67. The number of halogens is 5. The summed E-state index contributed by atoms with van der Waals surface area (Å²) in [5.74, 6) is -1.66. The average molecular weight is 584 g/mol. The summed E-state index contributed by atoms with van der Waals surface area (Å²) in [5, 5.41) is 7.05. The van der Waals surface area contributed by atoms with Crippen LogP contribution in [-0.4, -0.2) is 20.7 Å². The summed E-state index contributed by atoms with van der Waals surface area (Å²) in [6.07, 6.45) is -4.44. The Morgan fingerprint density at radius 2 is 1.67 bits per heavy atom. The number of benzene rings is 3. The molecule has 2 amide bonds. The van der Waals surface area contributed by atoms with Crippen molar-refractivity contribution in [2.45, 2.75) is 59.4 Å². The first-order valence-corrected chi connectivity index (χ1v) is 13.3. The Bertz CT molecular complexity index is 1700. The number of amides is 2. The minimum Gasteiger partial charge on any atom is -0.351 e. The number of urea groups is 1. The Hall–Kier alpha value is -4.25. The zero-order valence-corrected chi connectivity index (χ0v) is 23.8. The number of alkyl halides is 3. The zero-order chi connectivity index (χ0) is 30.7. The average Bonchev–Trinajstić information content (AvgIpc) is 3.35. The van der Waals surface area contributed by atoms with Crippen LogP contribution in [0, 0.1) is 32.4 Å². The molecule has 4 aromatic rings. The van der Waals surface area contributed by atoms with E-state index in [0.29, 0.717) is 34.6 Å². The lowest BCUT2D eigenvalue weighted by Gasteiger charge is -2.32. The summed E-state index contributed by atoms with van der Waals surface area (Å²) in [4.78, 5) is 13.4. The number of para-hydroxylation sites is 1. The summed E-state index contributed by atoms with van der Waals surface area (Å²) in [6.45, 7) is 9.93. The number of fused-ring (bicyclic) bond motifs is 1. The largest absolute Gasteiger partial charge is 0.416 e. The molecule has 0 aliphatic carbocycles. The van der Waals surface area contributed by atoms with Crippen LogP contribution in [0.5, 0.6) is 0 Å². The van der Waals surface area contributed by atoms with E-state index in [4.69, 9.17) is 10.8 Å². The van der Waals surface area contributed by atoms with Gasteiger partial charge in [-0.05, 0) is 75.1 Å². The van der Waals surface area contributed by atoms with Gasteiger partial charge in [-0.3, -0.25) is 4.90 Å². The van der Waals surface area contributed by atoms with Gasteiger partial charge >= 0.3 is 12.2 Å². The van der Waals surface area contributed by atoms with Crippen LogP contribution in [0.15, 0.2) is 48.5 Å². The van der Waals surface area contributed by atoms with Crippen LogP contribution >= 0.6 is 0 Å². The van der Waals surface area contributed by atoms with E-state index in [1.165, 1.54) is 6.07 Å². The van der Waals surface area contributed by atoms with Crippen molar-refractivity contribution in [3.63, 3.8) is 0 Å². The molecule has 3 N–H and O–H groups in total. The topological polar surface area (TPSA) is 76.2 Å². The van der Waals surface area contributed by atoms with Crippen molar-refractivity contribution >= 4 is 11.7 Å². The second-order valence-corrected chi connectivity index (χ2v) is 11.2. The molecule has 11 heteroatoms. The molecule has 0 atom stereocenters. The van der Waals surface area contributed by atoms with Crippen LogP contribution < -0.4 is 11.1 Å². The van der Waals surface area contributed by atoms with Crippen LogP contribution in [0.1, 0.15) is 52.9 Å². The maximum Gasteiger partial charge on any atom is 0.416 e. The number of nitrogens with one attached hydrogen (secondary N) is 1. The van der Waals surface area contributed by atoms with Crippen molar-refractivity contribution in [3.8, 4) is 16.9 Å². The smallest absolute Gasteiger partial charge is 0.351 e. The number of nitrogens with zero attached hydrogens (tertiary/aromatic N) is 3. The number of rotatable bonds is 5. The third-order valence-electron chi connectivity index (χ3n) is 7.95. The van der Waals surface area contributed by atoms with Crippen LogP contribution in [0.3, 0.4) is 0 Å². The Balaban J connectivity index is 1.65. The molecule has 0 saturated heterocycles. The van der Waals surface area contributed by atoms with E-state index in [1.54, 1.807) is 11.6 Å². The van der Waals surface area contributed by atoms with Gasteiger partial charge < -0.3 is 11.1 Å². The van der Waals surface area contributed by atoms with E-state index in [9.17, 15) is 18.0 Å². The molecule has 6 nitrogen and oxygen atoms in total. The van der Waals surface area contributed by atoms with Gasteiger partial charge in [-0.25, -0.2) is 18.3 Å². The standard InChI is InChI=1S/C31H30F5N5O/c1-16-7-6-8-17(2)26(16)41-27(21-12-24(33)25(13-23(21)32)38-29(37)42)22-15-40(30(4,5)28(22)39-41)14-19-9-10-20(11-18(19)3)31(34,35)36/h6-13H,14-15H2,1-5H3,(H3,37,38,42). The van der Waals surface area contributed by atoms with Crippen LogP contribution in [0.2, 0.25) is 0 Å². The highest BCUT2D eigenvalue weighted by molar-refractivity contribution is 5.88. The molecule has 3 aromatic carbocycles. The highest BCUT2D eigenvalue weighted by Crippen LogP contribution is 2.46. The van der Waals surface area contributed by atoms with Gasteiger partial charge in [0.15, 0.2) is 0 Å². The van der Waals surface area contributed by atoms with Crippen LogP contribution in [0.25, 0.3) is 16.9 Å². The number of hydrogen-bond acceptors (Lipinski definition) is 3. The first kappa shape index (κ1) is 29.2. The number of nitrogens with two attached hydrogens (primary N) is 1. The molecule has 1 aliphatic rings. The first-order chi connectivity index (χ1) is 19.6. The normalized spacial score (nSPS) is 14.7. The number of anilines is 1. The number of carbonyl (C=O) groups excluding carboxylic acids is 1. The van der Waals surface area contributed by atoms with Crippen LogP contribution in [-0.2, 0) is 24.8 Å². The fourth-order valence-corrected chi connectivity index (χ4v) is 5.67. The SMILES string of the molecule is Cc1cc(C(F)(F)F)ccc1CN1Cc2c(nn(-c3c(C)cccc3C)c2-c2cc(F)c(NC(N)=O)cc2F)C1(C)C. The molecule has 0 radical (unpaired) electrons. The van der Waals surface area contributed by atoms with Crippen molar-refractivity contribution in [2.24, 2.45) is 5.73 Å². The molecule has 42 heavy (non-hydrogen) atoms. The highest BCUT2D eigenvalue weighted by atomic mass is 19.4.